The van der Waals surface area contributed by atoms with Gasteiger partial charge in [0.15, 0.2) is 0 Å². The molecule has 7 nitrogen and oxygen atoms in total. The number of aryl methyl sites for hydroxylation is 2. The summed E-state index contributed by atoms with van der Waals surface area (Å²) in [6.45, 7) is 5.09. The van der Waals surface area contributed by atoms with Crippen molar-refractivity contribution in [3.8, 4) is 0 Å². The van der Waals surface area contributed by atoms with Gasteiger partial charge in [-0.05, 0) is 30.0 Å². The first-order chi connectivity index (χ1) is 12.0. The fourth-order valence-corrected chi connectivity index (χ4v) is 3.63. The minimum absolute atomic E-state index is 0.0840. The fraction of sp³-hybridized carbons (Fsp3) is 0.471. The molecule has 3 rings (SSSR count). The second-order valence-electron chi connectivity index (χ2n) is 6.21. The van der Waals surface area contributed by atoms with Gasteiger partial charge >= 0.3 is 5.69 Å². The maximum Gasteiger partial charge on any atom is 0.333 e. The SMILES string of the molecule is CCc1nn(C)c(NCCN2CCc3c(Cl)cccc3C2)c1[N+](=O)[O-]. The summed E-state index contributed by atoms with van der Waals surface area (Å²) in [5.74, 6) is 0.474. The number of hydrogen-bond acceptors (Lipinski definition) is 5. The molecule has 0 bridgehead atoms. The molecule has 1 aromatic carbocycles. The summed E-state index contributed by atoms with van der Waals surface area (Å²) in [6, 6.07) is 6.03. The van der Waals surface area contributed by atoms with Gasteiger partial charge in [0.1, 0.15) is 5.69 Å². The predicted molar refractivity (Wildman–Crippen MR) is 98.2 cm³/mol. The highest BCUT2D eigenvalue weighted by Gasteiger charge is 2.25. The van der Waals surface area contributed by atoms with Gasteiger partial charge in [-0.15, -0.1) is 0 Å². The number of nitrogens with zero attached hydrogens (tertiary/aromatic N) is 4. The second-order valence-corrected chi connectivity index (χ2v) is 6.62. The molecular formula is C17H22ClN5O2. The Morgan fingerprint density at radius 1 is 1.44 bits per heavy atom. The van der Waals surface area contributed by atoms with Crippen LogP contribution < -0.4 is 5.32 Å². The lowest BCUT2D eigenvalue weighted by Gasteiger charge is -2.29. The Morgan fingerprint density at radius 2 is 2.24 bits per heavy atom. The standard InChI is InChI=1S/C17H22ClN5O2/c1-3-15-16(23(24)25)17(21(2)20-15)19-8-10-22-9-7-13-12(11-22)5-4-6-14(13)18/h4-6,19H,3,7-11H2,1-2H3. The van der Waals surface area contributed by atoms with Crippen molar-refractivity contribution in [3.63, 3.8) is 0 Å². The lowest BCUT2D eigenvalue weighted by molar-refractivity contribution is -0.384. The van der Waals surface area contributed by atoms with Crippen LogP contribution in [0.1, 0.15) is 23.7 Å². The zero-order valence-electron chi connectivity index (χ0n) is 14.5. The van der Waals surface area contributed by atoms with Crippen molar-refractivity contribution >= 4 is 23.1 Å². The molecule has 0 saturated heterocycles. The van der Waals surface area contributed by atoms with Crippen molar-refractivity contribution < 1.29 is 4.92 Å². The largest absolute Gasteiger partial charge is 0.363 e. The Hall–Kier alpha value is -2.12. The molecule has 1 aliphatic heterocycles. The van der Waals surface area contributed by atoms with Gasteiger partial charge in [-0.25, -0.2) is 4.68 Å². The minimum Gasteiger partial charge on any atom is -0.363 e. The zero-order valence-corrected chi connectivity index (χ0v) is 15.2. The first kappa shape index (κ1) is 17.7. The predicted octanol–water partition coefficient (Wildman–Crippen LogP) is 3.01. The Morgan fingerprint density at radius 3 is 2.96 bits per heavy atom. The van der Waals surface area contributed by atoms with Crippen LogP contribution >= 0.6 is 11.6 Å². The normalized spacial score (nSPS) is 14.4. The average molecular weight is 364 g/mol. The Bertz CT molecular complexity index is 790. The highest BCUT2D eigenvalue weighted by atomic mass is 35.5. The minimum atomic E-state index is -0.354. The van der Waals surface area contributed by atoms with Crippen molar-refractivity contribution in [2.75, 3.05) is 25.0 Å². The third-order valence-electron chi connectivity index (χ3n) is 4.62. The van der Waals surface area contributed by atoms with Crippen LogP contribution in [-0.2, 0) is 26.4 Å². The third-order valence-corrected chi connectivity index (χ3v) is 4.97. The number of aromatic nitrogens is 2. The lowest BCUT2D eigenvalue weighted by atomic mass is 10.00. The number of anilines is 1. The van der Waals surface area contributed by atoms with Crippen molar-refractivity contribution in [3.05, 3.63) is 50.2 Å². The van der Waals surface area contributed by atoms with Gasteiger partial charge in [-0.1, -0.05) is 30.7 Å². The van der Waals surface area contributed by atoms with Gasteiger partial charge in [0.05, 0.1) is 4.92 Å². The average Bonchev–Trinajstić information content (AvgIpc) is 2.91. The number of benzene rings is 1. The highest BCUT2D eigenvalue weighted by molar-refractivity contribution is 6.31. The van der Waals surface area contributed by atoms with E-state index in [1.807, 2.05) is 19.1 Å². The zero-order chi connectivity index (χ0) is 18.0. The van der Waals surface area contributed by atoms with Gasteiger partial charge in [0.2, 0.25) is 5.82 Å². The van der Waals surface area contributed by atoms with E-state index in [2.05, 4.69) is 21.4 Å². The van der Waals surface area contributed by atoms with Crippen LogP contribution in [0.5, 0.6) is 0 Å². The van der Waals surface area contributed by atoms with Crippen molar-refractivity contribution in [2.24, 2.45) is 7.05 Å². The Balaban J connectivity index is 1.63. The maximum absolute atomic E-state index is 11.3. The van der Waals surface area contributed by atoms with Crippen LogP contribution in [0.25, 0.3) is 0 Å². The maximum atomic E-state index is 11.3. The second kappa shape index (κ2) is 7.41. The molecule has 0 fully saturated rings. The van der Waals surface area contributed by atoms with E-state index >= 15 is 0 Å². The Kier molecular flexibility index (Phi) is 5.24. The van der Waals surface area contributed by atoms with Gasteiger partial charge in [-0.2, -0.15) is 5.10 Å². The molecule has 134 valence electrons. The lowest BCUT2D eigenvalue weighted by Crippen LogP contribution is -2.34. The first-order valence-corrected chi connectivity index (χ1v) is 8.81. The Labute approximate surface area is 151 Å². The summed E-state index contributed by atoms with van der Waals surface area (Å²) in [5.41, 5.74) is 3.10. The smallest absolute Gasteiger partial charge is 0.333 e. The van der Waals surface area contributed by atoms with E-state index in [1.54, 1.807) is 11.7 Å². The molecule has 1 N–H and O–H groups in total. The quantitative estimate of drug-likeness (QED) is 0.630. The van der Waals surface area contributed by atoms with E-state index in [0.717, 1.165) is 31.1 Å². The van der Waals surface area contributed by atoms with E-state index in [0.29, 0.717) is 24.5 Å². The van der Waals surface area contributed by atoms with Crippen LogP contribution in [0.4, 0.5) is 11.5 Å². The number of hydrogen-bond donors (Lipinski definition) is 1. The van der Waals surface area contributed by atoms with E-state index < -0.39 is 0 Å². The number of nitro groups is 1. The molecule has 25 heavy (non-hydrogen) atoms. The summed E-state index contributed by atoms with van der Waals surface area (Å²) >= 11 is 6.25. The number of nitrogens with one attached hydrogen (secondary N) is 1. The molecule has 2 aromatic rings. The van der Waals surface area contributed by atoms with Crippen LogP contribution in [0, 0.1) is 10.1 Å². The molecule has 0 saturated carbocycles. The number of rotatable bonds is 6. The molecule has 0 radical (unpaired) electrons. The van der Waals surface area contributed by atoms with Gasteiger partial charge in [-0.3, -0.25) is 15.0 Å². The van der Waals surface area contributed by atoms with E-state index in [9.17, 15) is 10.1 Å². The van der Waals surface area contributed by atoms with Crippen LogP contribution in [0.15, 0.2) is 18.2 Å². The molecule has 1 aliphatic rings. The van der Waals surface area contributed by atoms with Gasteiger partial charge in [0, 0.05) is 38.2 Å². The number of halogens is 1. The molecule has 0 aliphatic carbocycles. The van der Waals surface area contributed by atoms with Crippen LogP contribution in [0.2, 0.25) is 5.02 Å². The summed E-state index contributed by atoms with van der Waals surface area (Å²) in [6.07, 6.45) is 1.47. The summed E-state index contributed by atoms with van der Waals surface area (Å²) < 4.78 is 1.56. The summed E-state index contributed by atoms with van der Waals surface area (Å²) in [5, 5.41) is 19.6. The molecule has 1 aromatic heterocycles. The van der Waals surface area contributed by atoms with Crippen molar-refractivity contribution in [1.82, 2.24) is 14.7 Å². The molecular weight excluding hydrogens is 342 g/mol. The summed E-state index contributed by atoms with van der Waals surface area (Å²) in [4.78, 5) is 13.3. The topological polar surface area (TPSA) is 76.2 Å². The summed E-state index contributed by atoms with van der Waals surface area (Å²) in [7, 11) is 1.73. The van der Waals surface area contributed by atoms with Crippen LogP contribution in [-0.4, -0.2) is 39.2 Å². The number of fused-ring (bicyclic) bond motifs is 1. The molecule has 0 spiro atoms. The third kappa shape index (κ3) is 3.62. The van der Waals surface area contributed by atoms with Crippen LogP contribution in [0.3, 0.4) is 0 Å². The van der Waals surface area contributed by atoms with Gasteiger partial charge in [0.25, 0.3) is 0 Å². The van der Waals surface area contributed by atoms with E-state index in [-0.39, 0.29) is 10.6 Å². The van der Waals surface area contributed by atoms with E-state index in [4.69, 9.17) is 11.6 Å². The fourth-order valence-electron chi connectivity index (χ4n) is 3.34. The molecule has 0 atom stereocenters. The molecule has 2 heterocycles. The van der Waals surface area contributed by atoms with Gasteiger partial charge < -0.3 is 5.32 Å². The molecule has 0 amide bonds. The van der Waals surface area contributed by atoms with E-state index in [1.165, 1.54) is 11.1 Å². The van der Waals surface area contributed by atoms with Crippen molar-refractivity contribution in [2.45, 2.75) is 26.3 Å². The first-order valence-electron chi connectivity index (χ1n) is 8.44. The molecule has 0 unspecified atom stereocenters. The van der Waals surface area contributed by atoms with Crippen molar-refractivity contribution in [1.29, 1.82) is 0 Å². The monoisotopic (exact) mass is 363 g/mol. The highest BCUT2D eigenvalue weighted by Crippen LogP contribution is 2.29. The molecule has 8 heteroatoms.